The summed E-state index contributed by atoms with van der Waals surface area (Å²) in [5, 5.41) is 3.37. The third kappa shape index (κ3) is 3.09. The van der Waals surface area contributed by atoms with Gasteiger partial charge in [-0.1, -0.05) is 0 Å². The van der Waals surface area contributed by atoms with Gasteiger partial charge in [0, 0.05) is 18.6 Å². The van der Waals surface area contributed by atoms with Crippen LogP contribution in [0.25, 0.3) is 0 Å². The summed E-state index contributed by atoms with van der Waals surface area (Å²) in [6.07, 6.45) is 4.41. The zero-order chi connectivity index (χ0) is 12.4. The standard InChI is InChI=1S/C13H22N4/c1-9-6-13(16-8-12(9)14)15-7-10(2)17(3)11-4-5-11/h6,8,10-11H,4-5,7,14H2,1-3H3,(H,15,16). The van der Waals surface area contributed by atoms with Gasteiger partial charge >= 0.3 is 0 Å². The Morgan fingerprint density at radius 3 is 2.88 bits per heavy atom. The second kappa shape index (κ2) is 4.92. The SMILES string of the molecule is Cc1cc(NCC(C)N(C)C2CC2)ncc1N. The fourth-order valence-electron chi connectivity index (χ4n) is 1.90. The van der Waals surface area contributed by atoms with E-state index in [9.17, 15) is 0 Å². The summed E-state index contributed by atoms with van der Waals surface area (Å²) in [6, 6.07) is 3.33. The molecule has 0 aromatic carbocycles. The van der Waals surface area contributed by atoms with Crippen molar-refractivity contribution in [1.29, 1.82) is 0 Å². The van der Waals surface area contributed by atoms with Gasteiger partial charge in [0.1, 0.15) is 5.82 Å². The Hall–Kier alpha value is -1.29. The van der Waals surface area contributed by atoms with Crippen molar-refractivity contribution in [3.05, 3.63) is 17.8 Å². The summed E-state index contributed by atoms with van der Waals surface area (Å²) in [5.41, 5.74) is 7.57. The highest BCUT2D eigenvalue weighted by molar-refractivity contribution is 5.50. The van der Waals surface area contributed by atoms with Gasteiger partial charge in [-0.2, -0.15) is 0 Å². The number of rotatable bonds is 5. The maximum atomic E-state index is 5.74. The highest BCUT2D eigenvalue weighted by Crippen LogP contribution is 2.26. The largest absolute Gasteiger partial charge is 0.397 e. The molecule has 0 amide bonds. The number of nitrogen functional groups attached to an aromatic ring is 1. The van der Waals surface area contributed by atoms with E-state index in [4.69, 9.17) is 5.73 Å². The lowest BCUT2D eigenvalue weighted by molar-refractivity contribution is 0.257. The Balaban J connectivity index is 1.86. The Morgan fingerprint density at radius 1 is 1.59 bits per heavy atom. The maximum Gasteiger partial charge on any atom is 0.126 e. The Bertz CT molecular complexity index is 387. The van der Waals surface area contributed by atoms with E-state index in [0.29, 0.717) is 6.04 Å². The van der Waals surface area contributed by atoms with Crippen LogP contribution < -0.4 is 11.1 Å². The highest BCUT2D eigenvalue weighted by atomic mass is 15.2. The first-order valence-corrected chi connectivity index (χ1v) is 6.26. The van der Waals surface area contributed by atoms with Gasteiger partial charge in [0.05, 0.1) is 11.9 Å². The Labute approximate surface area is 103 Å². The topological polar surface area (TPSA) is 54.2 Å². The molecule has 1 aliphatic rings. The predicted molar refractivity (Wildman–Crippen MR) is 72.1 cm³/mol. The molecule has 1 aromatic heterocycles. The summed E-state index contributed by atoms with van der Waals surface area (Å²) in [6.45, 7) is 5.17. The zero-order valence-electron chi connectivity index (χ0n) is 10.9. The van der Waals surface area contributed by atoms with Crippen LogP contribution in [0.4, 0.5) is 11.5 Å². The molecule has 1 aliphatic carbocycles. The molecule has 94 valence electrons. The van der Waals surface area contributed by atoms with Crippen LogP contribution in [0.5, 0.6) is 0 Å². The molecule has 1 heterocycles. The molecular weight excluding hydrogens is 212 g/mol. The van der Waals surface area contributed by atoms with E-state index in [0.717, 1.165) is 29.7 Å². The minimum atomic E-state index is 0.530. The Morgan fingerprint density at radius 2 is 2.29 bits per heavy atom. The minimum Gasteiger partial charge on any atom is -0.397 e. The van der Waals surface area contributed by atoms with Gasteiger partial charge in [-0.25, -0.2) is 4.98 Å². The summed E-state index contributed by atoms with van der Waals surface area (Å²) < 4.78 is 0. The molecule has 2 rings (SSSR count). The smallest absolute Gasteiger partial charge is 0.126 e. The number of hydrogen-bond acceptors (Lipinski definition) is 4. The second-order valence-electron chi connectivity index (χ2n) is 5.05. The van der Waals surface area contributed by atoms with Crippen LogP contribution in [0.2, 0.25) is 0 Å². The van der Waals surface area contributed by atoms with Crippen LogP contribution in [-0.2, 0) is 0 Å². The number of hydrogen-bond donors (Lipinski definition) is 2. The van der Waals surface area contributed by atoms with Crippen molar-refractivity contribution in [3.8, 4) is 0 Å². The normalized spacial score (nSPS) is 17.2. The number of aromatic nitrogens is 1. The van der Waals surface area contributed by atoms with Gasteiger partial charge in [0.25, 0.3) is 0 Å². The summed E-state index contributed by atoms with van der Waals surface area (Å²) in [4.78, 5) is 6.72. The van der Waals surface area contributed by atoms with Crippen LogP contribution in [0.1, 0.15) is 25.3 Å². The molecule has 0 saturated heterocycles. The molecule has 0 spiro atoms. The van der Waals surface area contributed by atoms with E-state index < -0.39 is 0 Å². The predicted octanol–water partition coefficient (Wildman–Crippen LogP) is 1.87. The lowest BCUT2D eigenvalue weighted by Gasteiger charge is -2.24. The number of nitrogens with one attached hydrogen (secondary N) is 1. The Kier molecular flexibility index (Phi) is 3.52. The van der Waals surface area contributed by atoms with Crippen molar-refractivity contribution >= 4 is 11.5 Å². The average Bonchev–Trinajstić information content (AvgIpc) is 3.13. The zero-order valence-corrected chi connectivity index (χ0v) is 10.9. The van der Waals surface area contributed by atoms with Crippen molar-refractivity contribution in [3.63, 3.8) is 0 Å². The third-order valence-electron chi connectivity index (χ3n) is 3.55. The number of anilines is 2. The molecule has 0 radical (unpaired) electrons. The lowest BCUT2D eigenvalue weighted by atomic mass is 10.2. The lowest BCUT2D eigenvalue weighted by Crippen LogP contribution is -2.36. The summed E-state index contributed by atoms with van der Waals surface area (Å²) in [7, 11) is 2.20. The summed E-state index contributed by atoms with van der Waals surface area (Å²) in [5.74, 6) is 0.910. The van der Waals surface area contributed by atoms with Crippen molar-refractivity contribution in [1.82, 2.24) is 9.88 Å². The van der Waals surface area contributed by atoms with Crippen LogP contribution in [-0.4, -0.2) is 35.6 Å². The van der Waals surface area contributed by atoms with Gasteiger partial charge in [0.2, 0.25) is 0 Å². The van der Waals surface area contributed by atoms with Gasteiger partial charge < -0.3 is 11.1 Å². The van der Waals surface area contributed by atoms with E-state index in [-0.39, 0.29) is 0 Å². The molecule has 4 nitrogen and oxygen atoms in total. The van der Waals surface area contributed by atoms with Crippen LogP contribution in [0.15, 0.2) is 12.3 Å². The number of nitrogens with zero attached hydrogens (tertiary/aromatic N) is 2. The summed E-state index contributed by atoms with van der Waals surface area (Å²) >= 11 is 0. The van der Waals surface area contributed by atoms with Gasteiger partial charge in [-0.15, -0.1) is 0 Å². The molecule has 17 heavy (non-hydrogen) atoms. The van der Waals surface area contributed by atoms with Crippen LogP contribution in [0, 0.1) is 6.92 Å². The quantitative estimate of drug-likeness (QED) is 0.816. The molecule has 3 N–H and O–H groups in total. The number of nitrogens with two attached hydrogens (primary N) is 1. The molecule has 1 saturated carbocycles. The molecule has 1 aromatic rings. The van der Waals surface area contributed by atoms with E-state index in [1.807, 2.05) is 13.0 Å². The van der Waals surface area contributed by atoms with Crippen LogP contribution in [0.3, 0.4) is 0 Å². The average molecular weight is 234 g/mol. The monoisotopic (exact) mass is 234 g/mol. The molecule has 1 fully saturated rings. The number of likely N-dealkylation sites (N-methyl/N-ethyl adjacent to an activating group) is 1. The van der Waals surface area contributed by atoms with Crippen molar-refractivity contribution in [2.45, 2.75) is 38.8 Å². The minimum absolute atomic E-state index is 0.530. The molecular formula is C13H22N4. The fourth-order valence-corrected chi connectivity index (χ4v) is 1.90. The van der Waals surface area contributed by atoms with Gasteiger partial charge in [-0.3, -0.25) is 4.90 Å². The molecule has 0 aliphatic heterocycles. The first-order chi connectivity index (χ1) is 8.08. The molecule has 1 unspecified atom stereocenters. The van der Waals surface area contributed by atoms with Crippen molar-refractivity contribution in [2.75, 3.05) is 24.6 Å². The van der Waals surface area contributed by atoms with Crippen molar-refractivity contribution < 1.29 is 0 Å². The molecule has 0 bridgehead atoms. The van der Waals surface area contributed by atoms with Crippen LogP contribution >= 0.6 is 0 Å². The second-order valence-corrected chi connectivity index (χ2v) is 5.05. The van der Waals surface area contributed by atoms with Crippen molar-refractivity contribution in [2.24, 2.45) is 0 Å². The fraction of sp³-hybridized carbons (Fsp3) is 0.615. The van der Waals surface area contributed by atoms with Gasteiger partial charge in [-0.05, 0) is 45.4 Å². The molecule has 4 heteroatoms. The highest BCUT2D eigenvalue weighted by Gasteiger charge is 2.28. The van der Waals surface area contributed by atoms with E-state index in [2.05, 4.69) is 29.2 Å². The third-order valence-corrected chi connectivity index (χ3v) is 3.55. The first kappa shape index (κ1) is 12.2. The molecule has 1 atom stereocenters. The number of aryl methyl sites for hydroxylation is 1. The maximum absolute atomic E-state index is 5.74. The van der Waals surface area contributed by atoms with Gasteiger partial charge in [0.15, 0.2) is 0 Å². The van der Waals surface area contributed by atoms with E-state index in [1.165, 1.54) is 12.8 Å². The number of pyridine rings is 1. The van der Waals surface area contributed by atoms with E-state index in [1.54, 1.807) is 6.20 Å². The van der Waals surface area contributed by atoms with E-state index >= 15 is 0 Å². The first-order valence-electron chi connectivity index (χ1n) is 6.26.